The summed E-state index contributed by atoms with van der Waals surface area (Å²) in [5.41, 5.74) is 14.4. The van der Waals surface area contributed by atoms with Crippen molar-refractivity contribution in [2.75, 3.05) is 24.6 Å². The zero-order valence-electron chi connectivity index (χ0n) is 34.8. The van der Waals surface area contributed by atoms with Crippen LogP contribution in [0.3, 0.4) is 0 Å². The number of carboxylic acid groups (broad SMARTS) is 1. The monoisotopic (exact) mass is 874 g/mol. The molecule has 0 bridgehead atoms. The van der Waals surface area contributed by atoms with Gasteiger partial charge in [-0.3, -0.25) is 24.0 Å². The number of phenolic OH excluding ortho intramolecular Hbond substituents is 1. The number of aliphatic carboxylic acids is 1. The number of benzene rings is 1. The largest absolute Gasteiger partial charge is 1.00 e. The molecule has 0 aromatic heterocycles. The molecule has 9 N–H and O–H groups in total. The number of hydrogen-bond donors (Lipinski definition) is 5. The smallest absolute Gasteiger partial charge is 0.693 e. The molecule has 1 fully saturated rings. The number of carboxylic acids is 1. The van der Waals surface area contributed by atoms with Crippen LogP contribution in [-0.2, 0) is 35.2 Å². The van der Waals surface area contributed by atoms with E-state index in [1.807, 2.05) is 0 Å². The van der Waals surface area contributed by atoms with E-state index < -0.39 is 35.8 Å². The van der Waals surface area contributed by atoms with E-state index in [1.165, 1.54) is 85.1 Å². The van der Waals surface area contributed by atoms with Crippen LogP contribution in [-0.4, -0.2) is 82.0 Å². The number of nitrogens with two attached hydrogens (primary N) is 2. The number of hydrogen-bond acceptors (Lipinski definition) is 10. The molecule has 324 valence electrons. The first-order chi connectivity index (χ1) is 27.0. The van der Waals surface area contributed by atoms with Crippen molar-refractivity contribution in [1.82, 2.24) is 10.6 Å². The number of phenols is 1. The summed E-state index contributed by atoms with van der Waals surface area (Å²) in [4.78, 5) is 74.5. The van der Waals surface area contributed by atoms with Crippen LogP contribution in [0.2, 0.25) is 0 Å². The summed E-state index contributed by atoms with van der Waals surface area (Å²) in [6, 6.07) is 4.80. The Morgan fingerprint density at radius 1 is 0.793 bits per heavy atom. The Morgan fingerprint density at radius 3 is 1.88 bits per heavy atom. The Hall–Kier alpha value is -1.34. The van der Waals surface area contributed by atoms with Crippen LogP contribution in [0.25, 0.3) is 11.9 Å². The van der Waals surface area contributed by atoms with Crippen molar-refractivity contribution in [1.29, 1.82) is 0 Å². The predicted molar refractivity (Wildman–Crippen MR) is 231 cm³/mol. The van der Waals surface area contributed by atoms with Crippen molar-refractivity contribution in [3.05, 3.63) is 41.7 Å². The van der Waals surface area contributed by atoms with Crippen LogP contribution in [0, 0.1) is 11.8 Å². The summed E-state index contributed by atoms with van der Waals surface area (Å²) >= 11 is 0. The maximum Gasteiger partial charge on any atom is 1.00 e. The average molecular weight is 875 g/mol. The number of aromatic hydroxyl groups is 1. The molecule has 1 aromatic carbocycles. The third-order valence-electron chi connectivity index (χ3n) is 10.3. The second kappa shape index (κ2) is 35.3. The molecular formula is C42H69KN5O8S2-. The van der Waals surface area contributed by atoms with E-state index >= 15 is 0 Å². The van der Waals surface area contributed by atoms with E-state index in [2.05, 4.69) is 10.6 Å². The third kappa shape index (κ3) is 27.5. The maximum atomic E-state index is 13.6. The number of amides is 2. The summed E-state index contributed by atoms with van der Waals surface area (Å²) in [7, 11) is 2.90. The number of unbranched alkanes of at least 4 members (excludes halogenated alkanes) is 14. The van der Waals surface area contributed by atoms with Crippen molar-refractivity contribution in [2.45, 2.75) is 153 Å². The molecule has 4 atom stereocenters. The van der Waals surface area contributed by atoms with Gasteiger partial charge in [0.2, 0.25) is 11.8 Å². The van der Waals surface area contributed by atoms with Gasteiger partial charge in [-0.1, -0.05) is 117 Å². The number of rotatable bonds is 32. The number of nitrogens with one attached hydrogen (secondary N) is 3. The second-order valence-electron chi connectivity index (χ2n) is 15.2. The van der Waals surface area contributed by atoms with Crippen molar-refractivity contribution in [3.63, 3.8) is 0 Å². The Kier molecular flexibility index (Phi) is 34.5. The summed E-state index contributed by atoms with van der Waals surface area (Å²) in [6.07, 6.45) is 18.3. The molecule has 1 aliphatic heterocycles. The minimum absolute atomic E-state index is 0. The molecule has 2 rings (SSSR count). The fourth-order valence-corrected chi connectivity index (χ4v) is 9.24. The Morgan fingerprint density at radius 2 is 1.33 bits per heavy atom. The Balaban J connectivity index is 0.0000162. The van der Waals surface area contributed by atoms with Gasteiger partial charge in [0.25, 0.3) is 0 Å². The molecule has 1 saturated heterocycles. The van der Waals surface area contributed by atoms with E-state index in [9.17, 15) is 33.9 Å². The fraction of sp³-hybridized carbons (Fsp3) is 0.714. The standard InChI is InChI=1S/C42H67N4O8S2.K.H2N/c43-35-30-56-55-29-33(27-37(35)48)39(50)28-46-36(38(49)26-32(42(44)54)25-31-20-22-34(47)23-21-31)17-15-16-24-45-40(51)18-13-11-9-7-5-3-1-2-4-6-8-10-12-14-19-41(52)53;;/h20-23,32-33,35-36,43,46-47H,1-19,24-30H2,(H2,44,54)(H,45,51)(H,52,53);;1H2/q-1;+1;-1/t32-,33+,35+,36+;;/m1../s1. The first kappa shape index (κ1) is 56.7. The van der Waals surface area contributed by atoms with Gasteiger partial charge in [-0.05, 0) is 62.0 Å². The SMILES string of the molecule is [K+].[NH-][C@H]1CSSC[C@@H](C(=O)CN[C@@H](CCCCNC(=O)CCCCCCCCCCCCCCCCC(=O)O)C(=O)C[C@@H](Cc2ccc(O)cc2)C(N)=O)CC1=O.[NH2-]. The molecule has 0 spiro atoms. The van der Waals surface area contributed by atoms with Crippen LogP contribution in [0.5, 0.6) is 5.75 Å². The summed E-state index contributed by atoms with van der Waals surface area (Å²) in [5.74, 6) is -2.35. The van der Waals surface area contributed by atoms with Gasteiger partial charge < -0.3 is 43.3 Å². The van der Waals surface area contributed by atoms with Crippen molar-refractivity contribution >= 4 is 56.7 Å². The third-order valence-corrected chi connectivity index (χ3v) is 12.8. The Labute approximate surface area is 397 Å². The van der Waals surface area contributed by atoms with Crippen LogP contribution in [0.4, 0.5) is 0 Å². The number of carbonyl (C=O) groups excluding carboxylic acids is 5. The average Bonchev–Trinajstić information content (AvgIpc) is 3.16. The molecule has 1 aromatic rings. The van der Waals surface area contributed by atoms with Gasteiger partial charge in [0.05, 0.1) is 12.6 Å². The minimum atomic E-state index is -0.853. The van der Waals surface area contributed by atoms with Gasteiger partial charge in [0.1, 0.15) is 11.5 Å². The molecule has 2 amide bonds. The zero-order valence-corrected chi connectivity index (χ0v) is 39.6. The van der Waals surface area contributed by atoms with Gasteiger partial charge in [-0.25, -0.2) is 0 Å². The van der Waals surface area contributed by atoms with E-state index in [1.54, 1.807) is 12.1 Å². The predicted octanol–water partition coefficient (Wildman–Crippen LogP) is 5.25. The second-order valence-corrected chi connectivity index (χ2v) is 17.8. The van der Waals surface area contributed by atoms with Crippen molar-refractivity contribution in [3.8, 4) is 5.75 Å². The van der Waals surface area contributed by atoms with Crippen LogP contribution in [0.15, 0.2) is 24.3 Å². The number of primary amides is 1. The molecule has 1 aliphatic rings. The molecule has 0 aliphatic carbocycles. The molecule has 16 heteroatoms. The molecule has 0 saturated carbocycles. The normalized spacial score (nSPS) is 16.5. The quantitative estimate of drug-likeness (QED) is 0.0355. The summed E-state index contributed by atoms with van der Waals surface area (Å²) in [6.45, 7) is 0.361. The maximum absolute atomic E-state index is 13.6. The molecule has 0 radical (unpaired) electrons. The van der Waals surface area contributed by atoms with E-state index in [0.717, 1.165) is 44.1 Å². The molecule has 58 heavy (non-hydrogen) atoms. The summed E-state index contributed by atoms with van der Waals surface area (Å²) < 4.78 is 0. The van der Waals surface area contributed by atoms with Crippen molar-refractivity contribution in [2.24, 2.45) is 17.6 Å². The number of Topliss-reactive ketones (excluding diaryl/α,β-unsaturated/α-hetero) is 3. The van der Waals surface area contributed by atoms with Gasteiger partial charge in [0.15, 0.2) is 11.6 Å². The fourth-order valence-electron chi connectivity index (χ4n) is 6.78. The van der Waals surface area contributed by atoms with Gasteiger partial charge in [-0.2, -0.15) is 0 Å². The van der Waals surface area contributed by atoms with Gasteiger partial charge in [0, 0.05) is 49.8 Å². The van der Waals surface area contributed by atoms with E-state index in [-0.39, 0.29) is 119 Å². The van der Waals surface area contributed by atoms with Crippen LogP contribution < -0.4 is 67.8 Å². The van der Waals surface area contributed by atoms with Crippen molar-refractivity contribution < 1.29 is 90.4 Å². The molecule has 1 heterocycles. The molecule has 0 unspecified atom stereocenters. The van der Waals surface area contributed by atoms with Crippen LogP contribution in [0.1, 0.15) is 140 Å². The van der Waals surface area contributed by atoms with Gasteiger partial charge in [-0.15, -0.1) is 0 Å². The minimum Gasteiger partial charge on any atom is -0.693 e. The number of ketones is 3. The Bertz CT molecular complexity index is 1340. The van der Waals surface area contributed by atoms with Crippen LogP contribution >= 0.6 is 21.6 Å². The van der Waals surface area contributed by atoms with E-state index in [0.29, 0.717) is 43.7 Å². The molecule has 13 nitrogen and oxygen atoms in total. The van der Waals surface area contributed by atoms with Gasteiger partial charge >= 0.3 is 57.4 Å². The number of carbonyl (C=O) groups is 6. The topological polar surface area (TPSA) is 250 Å². The summed E-state index contributed by atoms with van der Waals surface area (Å²) in [5, 5.41) is 24.4. The van der Waals surface area contributed by atoms with E-state index in [4.69, 9.17) is 16.6 Å². The molecular weight excluding hydrogens is 806 g/mol. The first-order valence-electron chi connectivity index (χ1n) is 20.8. The first-order valence-corrected chi connectivity index (χ1v) is 23.3. The zero-order chi connectivity index (χ0) is 41.0.